The van der Waals surface area contributed by atoms with Gasteiger partial charge in [0.25, 0.3) is 5.69 Å². The predicted octanol–water partition coefficient (Wildman–Crippen LogP) is 4.04. The summed E-state index contributed by atoms with van der Waals surface area (Å²) in [4.78, 5) is 10.1. The fourth-order valence-corrected chi connectivity index (χ4v) is 1.83. The second kappa shape index (κ2) is 7.21. The summed E-state index contributed by atoms with van der Waals surface area (Å²) in [5.41, 5.74) is 0.855. The molecule has 0 aliphatic carbocycles. The van der Waals surface area contributed by atoms with Gasteiger partial charge in [-0.25, -0.2) is 0 Å². The summed E-state index contributed by atoms with van der Waals surface area (Å²) < 4.78 is 15.7. The van der Waals surface area contributed by atoms with Crippen LogP contribution in [0.4, 0.5) is 17.1 Å². The largest absolute Gasteiger partial charge is 0.496 e. The highest BCUT2D eigenvalue weighted by Gasteiger charge is 2.13. The van der Waals surface area contributed by atoms with Gasteiger partial charge < -0.3 is 14.2 Å². The van der Waals surface area contributed by atoms with Crippen molar-refractivity contribution in [3.05, 3.63) is 46.5 Å². The molecule has 0 amide bonds. The first kappa shape index (κ1) is 16.2. The van der Waals surface area contributed by atoms with Crippen LogP contribution in [0.2, 0.25) is 0 Å². The molecule has 0 aromatic heterocycles. The zero-order chi connectivity index (χ0) is 16.8. The second-order valence-corrected chi connectivity index (χ2v) is 4.35. The number of azo groups is 1. The maximum atomic E-state index is 10.6. The normalized spacial score (nSPS) is 10.6. The topological polar surface area (TPSA) is 95.5 Å². The van der Waals surface area contributed by atoms with Crippen molar-refractivity contribution in [1.82, 2.24) is 0 Å². The van der Waals surface area contributed by atoms with Crippen LogP contribution in [-0.4, -0.2) is 26.3 Å². The molecule has 0 N–H and O–H groups in total. The minimum Gasteiger partial charge on any atom is -0.496 e. The molecule has 0 fully saturated rings. The van der Waals surface area contributed by atoms with Crippen LogP contribution < -0.4 is 14.2 Å². The van der Waals surface area contributed by atoms with Gasteiger partial charge in [0, 0.05) is 24.3 Å². The van der Waals surface area contributed by atoms with Crippen molar-refractivity contribution in [3.8, 4) is 17.2 Å². The van der Waals surface area contributed by atoms with Crippen LogP contribution in [0.5, 0.6) is 17.2 Å². The zero-order valence-electron chi connectivity index (χ0n) is 12.8. The number of nitrogens with zero attached hydrogens (tertiary/aromatic N) is 3. The maximum Gasteiger partial charge on any atom is 0.269 e. The molecule has 0 aliphatic rings. The fraction of sp³-hybridized carbons (Fsp3) is 0.200. The molecule has 2 aromatic rings. The number of non-ortho nitro benzene ring substituents is 1. The molecule has 0 spiro atoms. The van der Waals surface area contributed by atoms with E-state index in [1.54, 1.807) is 12.1 Å². The van der Waals surface area contributed by atoms with Crippen molar-refractivity contribution >= 4 is 17.1 Å². The summed E-state index contributed by atoms with van der Waals surface area (Å²) in [5.74, 6) is 1.44. The number of hydrogen-bond acceptors (Lipinski definition) is 7. The van der Waals surface area contributed by atoms with E-state index < -0.39 is 4.92 Å². The first-order chi connectivity index (χ1) is 11.1. The van der Waals surface area contributed by atoms with Gasteiger partial charge in [0.2, 0.25) is 0 Å². The number of nitro benzene ring substituents is 1. The van der Waals surface area contributed by atoms with E-state index in [-0.39, 0.29) is 5.69 Å². The molecule has 0 saturated carbocycles. The highest BCUT2D eigenvalue weighted by atomic mass is 16.6. The van der Waals surface area contributed by atoms with Crippen molar-refractivity contribution < 1.29 is 19.1 Å². The Labute approximate surface area is 132 Å². The zero-order valence-corrected chi connectivity index (χ0v) is 12.8. The quantitative estimate of drug-likeness (QED) is 0.455. The van der Waals surface area contributed by atoms with Gasteiger partial charge in [-0.15, -0.1) is 5.11 Å². The number of methoxy groups -OCH3 is 3. The van der Waals surface area contributed by atoms with E-state index >= 15 is 0 Å². The first-order valence-corrected chi connectivity index (χ1v) is 6.55. The van der Waals surface area contributed by atoms with Crippen LogP contribution in [-0.2, 0) is 0 Å². The third-order valence-electron chi connectivity index (χ3n) is 3.02. The van der Waals surface area contributed by atoms with Crippen molar-refractivity contribution in [1.29, 1.82) is 0 Å². The molecule has 0 unspecified atom stereocenters. The van der Waals surface area contributed by atoms with Gasteiger partial charge in [-0.2, -0.15) is 5.11 Å². The Morgan fingerprint density at radius 3 is 1.91 bits per heavy atom. The molecule has 0 heterocycles. The number of benzene rings is 2. The molecule has 8 nitrogen and oxygen atoms in total. The van der Waals surface area contributed by atoms with Crippen LogP contribution in [0, 0.1) is 10.1 Å². The number of ether oxygens (including phenoxy) is 3. The minimum atomic E-state index is -0.476. The summed E-state index contributed by atoms with van der Waals surface area (Å²) in [6.45, 7) is 0. The standard InChI is InChI=1S/C15H15N3O5/c1-21-12-8-13(22-2)15(14(9-12)23-3)17-16-10-4-6-11(7-5-10)18(19)20/h4-9H,1-3H3. The van der Waals surface area contributed by atoms with Crippen molar-refractivity contribution in [2.45, 2.75) is 0 Å². The van der Waals surface area contributed by atoms with Crippen LogP contribution in [0.15, 0.2) is 46.6 Å². The van der Waals surface area contributed by atoms with Gasteiger partial charge in [-0.1, -0.05) is 0 Å². The summed E-state index contributed by atoms with van der Waals surface area (Å²) in [6.07, 6.45) is 0. The van der Waals surface area contributed by atoms with Crippen LogP contribution in [0.3, 0.4) is 0 Å². The van der Waals surface area contributed by atoms with E-state index in [9.17, 15) is 10.1 Å². The van der Waals surface area contributed by atoms with Gasteiger partial charge >= 0.3 is 0 Å². The number of nitro groups is 1. The Balaban J connectivity index is 2.36. The van der Waals surface area contributed by atoms with Gasteiger partial charge in [0.05, 0.1) is 31.9 Å². The molecule has 0 aliphatic heterocycles. The van der Waals surface area contributed by atoms with Crippen LogP contribution in [0.25, 0.3) is 0 Å². The van der Waals surface area contributed by atoms with E-state index in [0.29, 0.717) is 28.6 Å². The molecule has 0 radical (unpaired) electrons. The number of hydrogen-bond donors (Lipinski definition) is 0. The fourth-order valence-electron chi connectivity index (χ4n) is 1.83. The highest BCUT2D eigenvalue weighted by molar-refractivity contribution is 5.65. The molecular weight excluding hydrogens is 302 g/mol. The Morgan fingerprint density at radius 2 is 1.48 bits per heavy atom. The third-order valence-corrected chi connectivity index (χ3v) is 3.02. The Bertz CT molecular complexity index is 703. The lowest BCUT2D eigenvalue weighted by atomic mass is 10.2. The lowest BCUT2D eigenvalue weighted by molar-refractivity contribution is -0.384. The molecule has 0 bridgehead atoms. The summed E-state index contributed by atoms with van der Waals surface area (Å²) in [6, 6.07) is 9.04. The average Bonchev–Trinajstić information content (AvgIpc) is 2.59. The number of rotatable bonds is 6. The smallest absolute Gasteiger partial charge is 0.269 e. The molecule has 2 rings (SSSR count). The summed E-state index contributed by atoms with van der Waals surface area (Å²) in [7, 11) is 4.53. The Morgan fingerprint density at radius 1 is 0.913 bits per heavy atom. The predicted molar refractivity (Wildman–Crippen MR) is 83.4 cm³/mol. The first-order valence-electron chi connectivity index (χ1n) is 6.55. The third kappa shape index (κ3) is 3.73. The molecule has 2 aromatic carbocycles. The molecular formula is C15H15N3O5. The molecule has 120 valence electrons. The molecule has 23 heavy (non-hydrogen) atoms. The van der Waals surface area contributed by atoms with Crippen molar-refractivity contribution in [3.63, 3.8) is 0 Å². The molecule has 0 saturated heterocycles. The van der Waals surface area contributed by atoms with E-state index in [4.69, 9.17) is 14.2 Å². The lowest BCUT2D eigenvalue weighted by Gasteiger charge is -2.11. The molecule has 8 heteroatoms. The minimum absolute atomic E-state index is 0.0106. The second-order valence-electron chi connectivity index (χ2n) is 4.35. The van der Waals surface area contributed by atoms with Crippen LogP contribution in [0.1, 0.15) is 0 Å². The van der Waals surface area contributed by atoms with E-state index in [1.807, 2.05) is 0 Å². The highest BCUT2D eigenvalue weighted by Crippen LogP contribution is 2.41. The summed E-state index contributed by atoms with van der Waals surface area (Å²) in [5, 5.41) is 18.8. The van der Waals surface area contributed by atoms with E-state index in [1.165, 1.54) is 45.6 Å². The van der Waals surface area contributed by atoms with E-state index in [0.717, 1.165) is 0 Å². The Hall–Kier alpha value is -3.16. The summed E-state index contributed by atoms with van der Waals surface area (Å²) >= 11 is 0. The molecule has 0 atom stereocenters. The van der Waals surface area contributed by atoms with Crippen molar-refractivity contribution in [2.75, 3.05) is 21.3 Å². The van der Waals surface area contributed by atoms with Crippen molar-refractivity contribution in [2.24, 2.45) is 10.2 Å². The SMILES string of the molecule is COc1cc(OC)c(N=Nc2ccc([N+](=O)[O-])cc2)c(OC)c1. The lowest BCUT2D eigenvalue weighted by Crippen LogP contribution is -1.91. The van der Waals surface area contributed by atoms with Gasteiger partial charge in [-0.05, 0) is 12.1 Å². The van der Waals surface area contributed by atoms with E-state index in [2.05, 4.69) is 10.2 Å². The maximum absolute atomic E-state index is 10.6. The van der Waals surface area contributed by atoms with Gasteiger partial charge in [0.1, 0.15) is 5.75 Å². The van der Waals surface area contributed by atoms with Gasteiger partial charge in [-0.3, -0.25) is 10.1 Å². The Kier molecular flexibility index (Phi) is 5.08. The van der Waals surface area contributed by atoms with Gasteiger partial charge in [0.15, 0.2) is 17.2 Å². The monoisotopic (exact) mass is 317 g/mol. The average molecular weight is 317 g/mol. The van der Waals surface area contributed by atoms with Crippen LogP contribution >= 0.6 is 0 Å².